The van der Waals surface area contributed by atoms with Crippen molar-refractivity contribution in [3.63, 3.8) is 0 Å². The van der Waals surface area contributed by atoms with Crippen LogP contribution in [0.5, 0.6) is 11.5 Å². The largest absolute Gasteiger partial charge is 0.497 e. The molecule has 4 rings (SSSR count). The first-order valence-corrected chi connectivity index (χ1v) is 9.97. The smallest absolute Gasteiger partial charge is 0.254 e. The van der Waals surface area contributed by atoms with Crippen LogP contribution < -0.4 is 14.8 Å². The predicted molar refractivity (Wildman–Crippen MR) is 110 cm³/mol. The number of anilines is 1. The second-order valence-corrected chi connectivity index (χ2v) is 7.60. The lowest BCUT2D eigenvalue weighted by Crippen LogP contribution is -2.35. The van der Waals surface area contributed by atoms with Crippen molar-refractivity contribution in [2.45, 2.75) is 19.9 Å². The summed E-state index contributed by atoms with van der Waals surface area (Å²) in [6, 6.07) is 5.26. The molecule has 146 valence electrons. The van der Waals surface area contributed by atoms with Gasteiger partial charge < -0.3 is 19.7 Å². The van der Waals surface area contributed by atoms with Crippen molar-refractivity contribution in [3.05, 3.63) is 40.5 Å². The number of benzene rings is 1. The van der Waals surface area contributed by atoms with Crippen LogP contribution in [0.25, 0.3) is 10.2 Å². The molecule has 3 aromatic rings. The third-order valence-corrected chi connectivity index (χ3v) is 5.99. The molecule has 0 atom stereocenters. The van der Waals surface area contributed by atoms with Crippen molar-refractivity contribution in [1.82, 2.24) is 14.9 Å². The van der Waals surface area contributed by atoms with Crippen molar-refractivity contribution in [3.8, 4) is 11.5 Å². The van der Waals surface area contributed by atoms with Crippen LogP contribution in [0.3, 0.4) is 0 Å². The Morgan fingerprint density at radius 1 is 1.21 bits per heavy atom. The molecule has 1 aliphatic heterocycles. The summed E-state index contributed by atoms with van der Waals surface area (Å²) in [5, 5.41) is 4.42. The highest BCUT2D eigenvalue weighted by atomic mass is 32.1. The van der Waals surface area contributed by atoms with Gasteiger partial charge in [-0.3, -0.25) is 4.79 Å². The molecule has 0 radical (unpaired) electrons. The van der Waals surface area contributed by atoms with Crippen molar-refractivity contribution in [2.24, 2.45) is 0 Å². The maximum absolute atomic E-state index is 13.1. The predicted octanol–water partition coefficient (Wildman–Crippen LogP) is 3.34. The van der Waals surface area contributed by atoms with Gasteiger partial charge in [0.1, 0.15) is 28.5 Å². The Hall–Kier alpha value is -2.87. The average Bonchev–Trinajstić information content (AvgIpc) is 3.11. The molecule has 1 amide bonds. The monoisotopic (exact) mass is 398 g/mol. The topological polar surface area (TPSA) is 76.6 Å². The van der Waals surface area contributed by atoms with Gasteiger partial charge in [-0.2, -0.15) is 0 Å². The summed E-state index contributed by atoms with van der Waals surface area (Å²) in [6.45, 7) is 4.08. The zero-order valence-electron chi connectivity index (χ0n) is 16.1. The molecule has 1 aliphatic rings. The van der Waals surface area contributed by atoms with E-state index in [9.17, 15) is 4.79 Å². The van der Waals surface area contributed by atoms with Gasteiger partial charge in [-0.1, -0.05) is 0 Å². The number of nitrogens with one attached hydrogen (secondary N) is 1. The molecule has 1 aromatic carbocycles. The Labute approximate surface area is 167 Å². The first kappa shape index (κ1) is 18.5. The van der Waals surface area contributed by atoms with E-state index in [1.807, 2.05) is 4.90 Å². The molecule has 0 fully saturated rings. The van der Waals surface area contributed by atoms with Crippen LogP contribution in [-0.4, -0.2) is 48.1 Å². The van der Waals surface area contributed by atoms with E-state index in [1.54, 1.807) is 50.1 Å². The number of amides is 1. The van der Waals surface area contributed by atoms with Gasteiger partial charge in [-0.15, -0.1) is 11.3 Å². The summed E-state index contributed by atoms with van der Waals surface area (Å²) in [5.74, 6) is 2.06. The van der Waals surface area contributed by atoms with Gasteiger partial charge in [0, 0.05) is 29.6 Å². The zero-order chi connectivity index (χ0) is 19.7. The molecule has 0 saturated heterocycles. The number of aromatic nitrogens is 2. The van der Waals surface area contributed by atoms with Crippen molar-refractivity contribution in [2.75, 3.05) is 32.6 Å². The van der Waals surface area contributed by atoms with Crippen molar-refractivity contribution in [1.29, 1.82) is 0 Å². The van der Waals surface area contributed by atoms with E-state index in [2.05, 4.69) is 22.2 Å². The number of rotatable bonds is 5. The molecule has 0 spiro atoms. The van der Waals surface area contributed by atoms with Gasteiger partial charge in [0.2, 0.25) is 0 Å². The van der Waals surface area contributed by atoms with Crippen LogP contribution in [0.4, 0.5) is 5.82 Å². The first-order chi connectivity index (χ1) is 13.6. The number of carbonyl (C=O) groups is 1. The average molecular weight is 398 g/mol. The van der Waals surface area contributed by atoms with Gasteiger partial charge in [-0.05, 0) is 31.0 Å². The molecule has 1 N–H and O–H groups in total. The highest BCUT2D eigenvalue weighted by Crippen LogP contribution is 2.37. The van der Waals surface area contributed by atoms with Crippen LogP contribution >= 0.6 is 11.3 Å². The first-order valence-electron chi connectivity index (χ1n) is 9.16. The molecular weight excluding hydrogens is 376 g/mol. The van der Waals surface area contributed by atoms with Gasteiger partial charge >= 0.3 is 0 Å². The number of hydrogen-bond donors (Lipinski definition) is 1. The summed E-state index contributed by atoms with van der Waals surface area (Å²) >= 11 is 1.64. The van der Waals surface area contributed by atoms with Gasteiger partial charge in [0.25, 0.3) is 5.91 Å². The van der Waals surface area contributed by atoms with Gasteiger partial charge in [0.15, 0.2) is 0 Å². The van der Waals surface area contributed by atoms with E-state index in [0.717, 1.165) is 29.0 Å². The minimum atomic E-state index is -0.0294. The van der Waals surface area contributed by atoms with E-state index in [-0.39, 0.29) is 5.91 Å². The summed E-state index contributed by atoms with van der Waals surface area (Å²) in [4.78, 5) is 25.9. The fourth-order valence-electron chi connectivity index (χ4n) is 3.52. The molecule has 2 aromatic heterocycles. The number of methoxy groups -OCH3 is 2. The maximum Gasteiger partial charge on any atom is 0.254 e. The molecule has 7 nitrogen and oxygen atoms in total. The second-order valence-electron chi connectivity index (χ2n) is 6.51. The number of ether oxygens (including phenoxy) is 2. The third kappa shape index (κ3) is 3.24. The Bertz CT molecular complexity index is 1010. The minimum Gasteiger partial charge on any atom is -0.497 e. The molecule has 0 bridgehead atoms. The summed E-state index contributed by atoms with van der Waals surface area (Å²) in [7, 11) is 3.16. The van der Waals surface area contributed by atoms with Crippen LogP contribution in [0, 0.1) is 0 Å². The Kier molecular flexibility index (Phi) is 5.04. The van der Waals surface area contributed by atoms with E-state index in [1.165, 1.54) is 10.4 Å². The van der Waals surface area contributed by atoms with E-state index in [4.69, 9.17) is 9.47 Å². The minimum absolute atomic E-state index is 0.0294. The molecule has 0 unspecified atom stereocenters. The van der Waals surface area contributed by atoms with Gasteiger partial charge in [0.05, 0.1) is 26.2 Å². The number of hydrogen-bond acceptors (Lipinski definition) is 7. The van der Waals surface area contributed by atoms with Crippen LogP contribution in [-0.2, 0) is 13.0 Å². The van der Waals surface area contributed by atoms with Crippen LogP contribution in [0.1, 0.15) is 27.7 Å². The third-order valence-electron chi connectivity index (χ3n) is 4.87. The molecule has 0 aliphatic carbocycles. The Morgan fingerprint density at radius 2 is 1.96 bits per heavy atom. The number of carbonyl (C=O) groups excluding carboxylic acids is 1. The number of fused-ring (bicyclic) bond motifs is 3. The zero-order valence-corrected chi connectivity index (χ0v) is 16.9. The summed E-state index contributed by atoms with van der Waals surface area (Å²) in [5.41, 5.74) is 1.82. The van der Waals surface area contributed by atoms with E-state index < -0.39 is 0 Å². The lowest BCUT2D eigenvalue weighted by molar-refractivity contribution is 0.0736. The fraction of sp³-hybridized carbons (Fsp3) is 0.350. The fourth-order valence-corrected chi connectivity index (χ4v) is 4.72. The van der Waals surface area contributed by atoms with Crippen molar-refractivity contribution >= 4 is 33.3 Å². The van der Waals surface area contributed by atoms with Crippen molar-refractivity contribution < 1.29 is 14.3 Å². The molecule has 0 saturated carbocycles. The summed E-state index contributed by atoms with van der Waals surface area (Å²) in [6.07, 6.45) is 2.38. The molecule has 28 heavy (non-hydrogen) atoms. The second kappa shape index (κ2) is 7.63. The van der Waals surface area contributed by atoms with Crippen LogP contribution in [0.2, 0.25) is 0 Å². The SMILES string of the molecule is CCNc1ncnc2sc3c(c12)CCN(C(=O)c1cc(OC)cc(OC)c1)C3. The maximum atomic E-state index is 13.1. The van der Waals surface area contributed by atoms with E-state index >= 15 is 0 Å². The standard InChI is InChI=1S/C20H22N4O3S/c1-4-21-18-17-15-5-6-24(10-16(15)28-19(17)23-11-22-18)20(25)12-7-13(26-2)9-14(8-12)27-3/h7-9,11H,4-6,10H2,1-3H3,(H,21,22,23). The highest BCUT2D eigenvalue weighted by Gasteiger charge is 2.27. The lowest BCUT2D eigenvalue weighted by atomic mass is 10.0. The van der Waals surface area contributed by atoms with Gasteiger partial charge in [-0.25, -0.2) is 9.97 Å². The summed E-state index contributed by atoms with van der Waals surface area (Å²) < 4.78 is 10.6. The molecule has 3 heterocycles. The normalized spacial score (nSPS) is 13.3. The Morgan fingerprint density at radius 3 is 2.64 bits per heavy atom. The van der Waals surface area contributed by atoms with E-state index in [0.29, 0.717) is 30.2 Å². The number of nitrogens with zero attached hydrogens (tertiary/aromatic N) is 3. The molecule has 8 heteroatoms. The highest BCUT2D eigenvalue weighted by molar-refractivity contribution is 7.19. The Balaban J connectivity index is 1.65. The number of thiophene rings is 1. The lowest BCUT2D eigenvalue weighted by Gasteiger charge is -2.27. The molecular formula is C20H22N4O3S. The van der Waals surface area contributed by atoms with Crippen LogP contribution in [0.15, 0.2) is 24.5 Å². The quantitative estimate of drug-likeness (QED) is 0.710.